The molecule has 0 aliphatic carbocycles. The molecule has 0 aliphatic heterocycles. The number of aliphatic hydroxyl groups excluding tert-OH is 2. The molecule has 0 aromatic heterocycles. The lowest BCUT2D eigenvalue weighted by molar-refractivity contribution is -0.110. The molecule has 0 radical (unpaired) electrons. The quantitative estimate of drug-likeness (QED) is 0.0567. The Bertz CT molecular complexity index is 1120. The van der Waals surface area contributed by atoms with Crippen LogP contribution < -0.4 is 15.4 Å². The van der Waals surface area contributed by atoms with Crippen LogP contribution in [0.5, 0.6) is 11.5 Å². The largest absolute Gasteiger partial charge is 0.504 e. The lowest BCUT2D eigenvalue weighted by Gasteiger charge is -2.12. The van der Waals surface area contributed by atoms with E-state index in [2.05, 4.69) is 28.5 Å². The number of terminal acetylenes is 1. The Morgan fingerprint density at radius 1 is 1.02 bits per heavy atom. The Hall–Kier alpha value is -4.13. The zero-order valence-electron chi connectivity index (χ0n) is 25.4. The molecule has 230 valence electrons. The molecule has 2 atom stereocenters. The summed E-state index contributed by atoms with van der Waals surface area (Å²) in [6, 6.07) is 12.6. The van der Waals surface area contributed by atoms with Crippen LogP contribution in [0.4, 0.5) is 0 Å². The number of nitrogens with one attached hydrogen (secondary N) is 2. The minimum Gasteiger partial charge on any atom is -0.504 e. The van der Waals surface area contributed by atoms with E-state index in [9.17, 15) is 19.8 Å². The number of hydrogen-bond donors (Lipinski definition) is 5. The van der Waals surface area contributed by atoms with Gasteiger partial charge in [-0.05, 0) is 58.7 Å². The van der Waals surface area contributed by atoms with Crippen molar-refractivity contribution in [2.75, 3.05) is 26.2 Å². The standard InChI is InChI=1S/C18H26N2O2.C13H19NO4.C2H2/c1-14-7-9-17(10-8-14)18(20-12-16(3)22)19-11-5-4-6-15(2)13-21;1-9(2)18-12-5-4-10(8-11(12)16)13(17)14-6-3-7-15;1-2/h4-5,7-10,13,15-16,22H,6,11-12H2,1-3H3,(H,19,20);4-5,8-9,15-16H,3,6-7H2,1-2H3,(H,14,17);1-2H/b5-4-;;. The van der Waals surface area contributed by atoms with Crippen molar-refractivity contribution in [1.82, 2.24) is 10.6 Å². The second-order valence-corrected chi connectivity index (χ2v) is 9.79. The molecule has 0 fully saturated rings. The number of aliphatic hydroxyl groups is 2. The molecule has 0 saturated carbocycles. The molecule has 5 N–H and O–H groups in total. The van der Waals surface area contributed by atoms with Gasteiger partial charge in [-0.3, -0.25) is 9.79 Å². The van der Waals surface area contributed by atoms with E-state index < -0.39 is 6.10 Å². The number of phenols is 1. The predicted molar refractivity (Wildman–Crippen MR) is 169 cm³/mol. The third-order valence-corrected chi connectivity index (χ3v) is 5.36. The van der Waals surface area contributed by atoms with E-state index in [-0.39, 0.29) is 30.3 Å². The minimum absolute atomic E-state index is 0.0344. The van der Waals surface area contributed by atoms with Gasteiger partial charge in [-0.25, -0.2) is 0 Å². The van der Waals surface area contributed by atoms with Gasteiger partial charge in [0.2, 0.25) is 0 Å². The number of nitrogens with zero attached hydrogens (tertiary/aromatic N) is 1. The van der Waals surface area contributed by atoms with E-state index in [0.717, 1.165) is 24.1 Å². The zero-order valence-corrected chi connectivity index (χ0v) is 25.4. The maximum atomic E-state index is 11.7. The Kier molecular flexibility index (Phi) is 20.3. The van der Waals surface area contributed by atoms with Crippen molar-refractivity contribution in [3.63, 3.8) is 0 Å². The summed E-state index contributed by atoms with van der Waals surface area (Å²) in [5.41, 5.74) is 2.56. The van der Waals surface area contributed by atoms with Gasteiger partial charge in [-0.2, -0.15) is 0 Å². The molecular formula is C33H47N3O6. The van der Waals surface area contributed by atoms with Crippen molar-refractivity contribution >= 4 is 18.0 Å². The van der Waals surface area contributed by atoms with Gasteiger partial charge in [0.1, 0.15) is 12.1 Å². The summed E-state index contributed by atoms with van der Waals surface area (Å²) in [6.07, 6.45) is 13.7. The summed E-state index contributed by atoms with van der Waals surface area (Å²) in [5, 5.41) is 33.6. The molecule has 42 heavy (non-hydrogen) atoms. The van der Waals surface area contributed by atoms with Gasteiger partial charge < -0.3 is 35.5 Å². The fraction of sp³-hybridized carbons (Fsp3) is 0.424. The molecule has 2 aromatic carbocycles. The fourth-order valence-corrected chi connectivity index (χ4v) is 3.19. The van der Waals surface area contributed by atoms with Crippen LogP contribution in [-0.4, -0.2) is 71.8 Å². The molecule has 9 heteroatoms. The van der Waals surface area contributed by atoms with Crippen LogP contribution in [0.25, 0.3) is 0 Å². The SMILES string of the molecule is C#C.CC(C)Oc1ccc(C(=O)NCCCO)cc1O.Cc1ccc(C(=NC/C=C\CC(C)C=O)NCC(C)O)cc1. The summed E-state index contributed by atoms with van der Waals surface area (Å²) in [6.45, 7) is 10.8. The molecule has 1 amide bonds. The summed E-state index contributed by atoms with van der Waals surface area (Å²) in [7, 11) is 0. The number of aldehydes is 1. The molecule has 0 saturated heterocycles. The number of aliphatic imine (C=N–C) groups is 1. The van der Waals surface area contributed by atoms with Gasteiger partial charge in [-0.15, -0.1) is 12.8 Å². The number of aromatic hydroxyl groups is 1. The highest BCUT2D eigenvalue weighted by Gasteiger charge is 2.10. The zero-order chi connectivity index (χ0) is 31.9. The van der Waals surface area contributed by atoms with E-state index >= 15 is 0 Å². The van der Waals surface area contributed by atoms with Gasteiger partial charge >= 0.3 is 0 Å². The van der Waals surface area contributed by atoms with Gasteiger partial charge in [0.05, 0.1) is 18.8 Å². The molecular weight excluding hydrogens is 534 g/mol. The number of carbonyl (C=O) groups excluding carboxylic acids is 2. The molecule has 0 spiro atoms. The highest BCUT2D eigenvalue weighted by molar-refractivity contribution is 5.98. The molecule has 2 unspecified atom stereocenters. The van der Waals surface area contributed by atoms with Crippen molar-refractivity contribution in [3.05, 3.63) is 71.3 Å². The Labute approximate surface area is 250 Å². The van der Waals surface area contributed by atoms with E-state index in [1.54, 1.807) is 19.1 Å². The third kappa shape index (κ3) is 16.9. The van der Waals surface area contributed by atoms with Crippen LogP contribution in [0, 0.1) is 25.7 Å². The average molecular weight is 582 g/mol. The maximum Gasteiger partial charge on any atom is 0.251 e. The number of allylic oxidation sites excluding steroid dienone is 1. The van der Waals surface area contributed by atoms with Crippen molar-refractivity contribution in [2.45, 2.75) is 59.7 Å². The average Bonchev–Trinajstić information content (AvgIpc) is 2.97. The van der Waals surface area contributed by atoms with E-state index in [1.165, 1.54) is 11.6 Å². The first-order valence-electron chi connectivity index (χ1n) is 13.9. The first-order chi connectivity index (χ1) is 20.1. The van der Waals surface area contributed by atoms with Gasteiger partial charge in [0.25, 0.3) is 5.91 Å². The van der Waals surface area contributed by atoms with Crippen molar-refractivity contribution in [1.29, 1.82) is 0 Å². The monoisotopic (exact) mass is 581 g/mol. The van der Waals surface area contributed by atoms with E-state index in [0.29, 0.717) is 37.4 Å². The lowest BCUT2D eigenvalue weighted by atomic mass is 10.1. The number of ether oxygens (including phenoxy) is 1. The fourth-order valence-electron chi connectivity index (χ4n) is 3.19. The topological polar surface area (TPSA) is 140 Å². The van der Waals surface area contributed by atoms with Crippen molar-refractivity contribution < 1.29 is 29.6 Å². The summed E-state index contributed by atoms with van der Waals surface area (Å²) < 4.78 is 5.36. The Balaban J connectivity index is 0.000000769. The van der Waals surface area contributed by atoms with Crippen LogP contribution in [0.3, 0.4) is 0 Å². The predicted octanol–water partition coefficient (Wildman–Crippen LogP) is 4.03. The first kappa shape index (κ1) is 37.9. The second kappa shape index (κ2) is 22.5. The number of carbonyl (C=O) groups is 2. The van der Waals surface area contributed by atoms with Crippen LogP contribution in [0.2, 0.25) is 0 Å². The number of amidine groups is 1. The van der Waals surface area contributed by atoms with Gasteiger partial charge in [0.15, 0.2) is 11.5 Å². The van der Waals surface area contributed by atoms with Crippen LogP contribution in [0.1, 0.15) is 62.0 Å². The first-order valence-corrected chi connectivity index (χ1v) is 13.9. The molecule has 2 rings (SSSR count). The summed E-state index contributed by atoms with van der Waals surface area (Å²) in [5.74, 6) is 0.837. The highest BCUT2D eigenvalue weighted by atomic mass is 16.5. The lowest BCUT2D eigenvalue weighted by Crippen LogP contribution is -2.31. The maximum absolute atomic E-state index is 11.7. The van der Waals surface area contributed by atoms with E-state index in [4.69, 9.17) is 9.84 Å². The second-order valence-electron chi connectivity index (χ2n) is 9.79. The molecule has 2 aromatic rings. The Morgan fingerprint density at radius 3 is 2.21 bits per heavy atom. The van der Waals surface area contributed by atoms with Crippen molar-refractivity contribution in [2.24, 2.45) is 10.9 Å². The normalized spacial score (nSPS) is 12.3. The number of amides is 1. The van der Waals surface area contributed by atoms with Gasteiger partial charge in [-0.1, -0.05) is 48.9 Å². The van der Waals surface area contributed by atoms with Crippen LogP contribution >= 0.6 is 0 Å². The molecule has 9 nitrogen and oxygen atoms in total. The Morgan fingerprint density at radius 2 is 1.67 bits per heavy atom. The minimum atomic E-state index is -0.431. The molecule has 0 aliphatic rings. The smallest absolute Gasteiger partial charge is 0.251 e. The van der Waals surface area contributed by atoms with Crippen molar-refractivity contribution in [3.8, 4) is 24.3 Å². The number of hydrogen-bond acceptors (Lipinski definition) is 7. The van der Waals surface area contributed by atoms with Crippen LogP contribution in [-0.2, 0) is 4.79 Å². The third-order valence-electron chi connectivity index (χ3n) is 5.36. The summed E-state index contributed by atoms with van der Waals surface area (Å²) >= 11 is 0. The highest BCUT2D eigenvalue weighted by Crippen LogP contribution is 2.27. The van der Waals surface area contributed by atoms with Gasteiger partial charge in [0, 0.05) is 36.7 Å². The van der Waals surface area contributed by atoms with E-state index in [1.807, 2.05) is 64.1 Å². The number of aryl methyl sites for hydroxylation is 1. The number of benzene rings is 2. The number of phenolic OH excluding ortho intramolecular Hbond substituents is 1. The number of rotatable bonds is 14. The van der Waals surface area contributed by atoms with Crippen LogP contribution in [0.15, 0.2) is 59.6 Å². The summed E-state index contributed by atoms with van der Waals surface area (Å²) in [4.78, 5) is 26.7. The molecule has 0 bridgehead atoms. The molecule has 0 heterocycles.